The van der Waals surface area contributed by atoms with E-state index in [1.807, 2.05) is 13.8 Å². The van der Waals surface area contributed by atoms with Crippen LogP contribution in [0, 0.1) is 5.92 Å². The average molecular weight is 379 g/mol. The number of aliphatic carboxylic acids is 1. The second-order valence-corrected chi connectivity index (χ2v) is 6.24. The predicted molar refractivity (Wildman–Crippen MR) is 83.7 cm³/mol. The van der Waals surface area contributed by atoms with E-state index in [2.05, 4.69) is 21.2 Å². The first-order valence-corrected chi connectivity index (χ1v) is 7.56. The summed E-state index contributed by atoms with van der Waals surface area (Å²) in [6, 6.07) is 4.00. The monoisotopic (exact) mass is 377 g/mol. The van der Waals surface area contributed by atoms with Crippen LogP contribution in [0.2, 0.25) is 5.02 Å². The molecule has 0 heterocycles. The summed E-state index contributed by atoms with van der Waals surface area (Å²) in [6.07, 6.45) is 0.367. The lowest BCUT2D eigenvalue weighted by Gasteiger charge is -2.16. The molecule has 0 saturated heterocycles. The highest BCUT2D eigenvalue weighted by molar-refractivity contribution is 9.10. The number of carboxylic acid groups (broad SMARTS) is 1. The molecule has 116 valence electrons. The van der Waals surface area contributed by atoms with Gasteiger partial charge in [0.1, 0.15) is 11.8 Å². The number of halogens is 2. The maximum atomic E-state index is 11.8. The normalized spacial score (nSPS) is 12.0. The second kappa shape index (κ2) is 8.24. The van der Waals surface area contributed by atoms with E-state index in [1.165, 1.54) is 0 Å². The Bertz CT molecular complexity index is 522. The molecule has 0 fully saturated rings. The van der Waals surface area contributed by atoms with Gasteiger partial charge >= 0.3 is 5.97 Å². The Morgan fingerprint density at radius 1 is 1.43 bits per heavy atom. The van der Waals surface area contributed by atoms with Gasteiger partial charge in [0.05, 0.1) is 4.47 Å². The van der Waals surface area contributed by atoms with Gasteiger partial charge < -0.3 is 15.2 Å². The average Bonchev–Trinajstić information content (AvgIpc) is 2.36. The first-order chi connectivity index (χ1) is 9.79. The Labute approximate surface area is 136 Å². The van der Waals surface area contributed by atoms with E-state index in [0.29, 0.717) is 21.7 Å². The summed E-state index contributed by atoms with van der Waals surface area (Å²) in [5.74, 6) is -0.905. The molecule has 0 spiro atoms. The molecule has 0 aliphatic carbocycles. The molecule has 21 heavy (non-hydrogen) atoms. The van der Waals surface area contributed by atoms with Gasteiger partial charge in [0.15, 0.2) is 6.61 Å². The van der Waals surface area contributed by atoms with Gasteiger partial charge in [0, 0.05) is 5.02 Å². The van der Waals surface area contributed by atoms with Crippen LogP contribution in [0.25, 0.3) is 0 Å². The van der Waals surface area contributed by atoms with Crippen LogP contribution in [0.15, 0.2) is 22.7 Å². The third-order valence-corrected chi connectivity index (χ3v) is 3.45. The van der Waals surface area contributed by atoms with Gasteiger partial charge in [-0.15, -0.1) is 0 Å². The molecular formula is C14H17BrClNO4. The minimum atomic E-state index is -1.05. The van der Waals surface area contributed by atoms with Crippen LogP contribution in [0.5, 0.6) is 5.75 Å². The molecule has 0 bridgehead atoms. The molecule has 2 N–H and O–H groups in total. The Morgan fingerprint density at radius 3 is 2.62 bits per heavy atom. The second-order valence-electron chi connectivity index (χ2n) is 4.95. The number of carbonyl (C=O) groups excluding carboxylic acids is 1. The van der Waals surface area contributed by atoms with E-state index in [-0.39, 0.29) is 12.5 Å². The maximum Gasteiger partial charge on any atom is 0.326 e. The fraction of sp³-hybridized carbons (Fsp3) is 0.429. The summed E-state index contributed by atoms with van der Waals surface area (Å²) in [7, 11) is 0. The molecule has 0 aliphatic heterocycles. The van der Waals surface area contributed by atoms with Crippen LogP contribution in [0.1, 0.15) is 20.3 Å². The highest BCUT2D eigenvalue weighted by Gasteiger charge is 2.21. The van der Waals surface area contributed by atoms with Gasteiger partial charge in [-0.25, -0.2) is 4.79 Å². The summed E-state index contributed by atoms with van der Waals surface area (Å²) in [5.41, 5.74) is 0. The molecule has 1 atom stereocenters. The van der Waals surface area contributed by atoms with Crippen LogP contribution in [0.4, 0.5) is 0 Å². The molecular weight excluding hydrogens is 362 g/mol. The van der Waals surface area contributed by atoms with Crippen LogP contribution in [-0.2, 0) is 9.59 Å². The van der Waals surface area contributed by atoms with Crippen LogP contribution >= 0.6 is 27.5 Å². The summed E-state index contributed by atoms with van der Waals surface area (Å²) in [6.45, 7) is 3.52. The number of hydrogen-bond donors (Lipinski definition) is 2. The number of ether oxygens (including phenoxy) is 1. The van der Waals surface area contributed by atoms with Crippen molar-refractivity contribution in [2.24, 2.45) is 5.92 Å². The standard InChI is InChI=1S/C14H17BrClNO4/c1-8(2)5-11(14(19)20)17-13(18)7-21-12-4-3-9(16)6-10(12)15/h3-4,6,8,11H,5,7H2,1-2H3,(H,17,18)(H,19,20)/t11-/m0/s1. The molecule has 1 aromatic carbocycles. The lowest BCUT2D eigenvalue weighted by Crippen LogP contribution is -2.43. The fourth-order valence-electron chi connectivity index (χ4n) is 1.66. The van der Waals surface area contributed by atoms with Crippen molar-refractivity contribution in [3.8, 4) is 5.75 Å². The minimum Gasteiger partial charge on any atom is -0.483 e. The van der Waals surface area contributed by atoms with Crippen molar-refractivity contribution in [3.05, 3.63) is 27.7 Å². The molecule has 0 radical (unpaired) electrons. The molecule has 1 amide bonds. The molecule has 0 saturated carbocycles. The van der Waals surface area contributed by atoms with Gasteiger partial charge in [-0.3, -0.25) is 4.79 Å². The maximum absolute atomic E-state index is 11.8. The zero-order chi connectivity index (χ0) is 16.0. The van der Waals surface area contributed by atoms with Gasteiger partial charge in [0.2, 0.25) is 0 Å². The van der Waals surface area contributed by atoms with Crippen molar-refractivity contribution in [2.45, 2.75) is 26.3 Å². The number of rotatable bonds is 7. The molecule has 1 rings (SSSR count). The van der Waals surface area contributed by atoms with E-state index < -0.39 is 17.9 Å². The van der Waals surface area contributed by atoms with E-state index >= 15 is 0 Å². The number of benzene rings is 1. The Kier molecular flexibility index (Phi) is 6.98. The highest BCUT2D eigenvalue weighted by atomic mass is 79.9. The topological polar surface area (TPSA) is 75.6 Å². The van der Waals surface area contributed by atoms with Gasteiger partial charge in [-0.1, -0.05) is 25.4 Å². The Morgan fingerprint density at radius 2 is 2.10 bits per heavy atom. The number of carboxylic acids is 1. The number of carbonyl (C=O) groups is 2. The zero-order valence-corrected chi connectivity index (χ0v) is 14.1. The lowest BCUT2D eigenvalue weighted by molar-refractivity contribution is -0.142. The van der Waals surface area contributed by atoms with Crippen molar-refractivity contribution in [1.29, 1.82) is 0 Å². The van der Waals surface area contributed by atoms with E-state index in [1.54, 1.807) is 18.2 Å². The third-order valence-electron chi connectivity index (χ3n) is 2.59. The largest absolute Gasteiger partial charge is 0.483 e. The Hall–Kier alpha value is -1.27. The summed E-state index contributed by atoms with van der Waals surface area (Å²) in [5, 5.41) is 12.0. The highest BCUT2D eigenvalue weighted by Crippen LogP contribution is 2.27. The quantitative estimate of drug-likeness (QED) is 0.764. The summed E-state index contributed by atoms with van der Waals surface area (Å²) < 4.78 is 5.95. The van der Waals surface area contributed by atoms with E-state index in [9.17, 15) is 9.59 Å². The van der Waals surface area contributed by atoms with Crippen LogP contribution < -0.4 is 10.1 Å². The van der Waals surface area contributed by atoms with Gasteiger partial charge in [0.25, 0.3) is 5.91 Å². The molecule has 0 aliphatic rings. The third kappa shape index (κ3) is 6.35. The van der Waals surface area contributed by atoms with E-state index in [4.69, 9.17) is 21.4 Å². The number of hydrogen-bond acceptors (Lipinski definition) is 3. The lowest BCUT2D eigenvalue weighted by atomic mass is 10.0. The SMILES string of the molecule is CC(C)C[C@H](NC(=O)COc1ccc(Cl)cc1Br)C(=O)O. The zero-order valence-electron chi connectivity index (χ0n) is 11.7. The van der Waals surface area contributed by atoms with Crippen LogP contribution in [-0.4, -0.2) is 29.6 Å². The van der Waals surface area contributed by atoms with E-state index in [0.717, 1.165) is 0 Å². The minimum absolute atomic E-state index is 0.165. The first-order valence-electron chi connectivity index (χ1n) is 6.39. The van der Waals surface area contributed by atoms with Crippen molar-refractivity contribution >= 4 is 39.4 Å². The summed E-state index contributed by atoms with van der Waals surface area (Å²) >= 11 is 9.07. The molecule has 5 nitrogen and oxygen atoms in total. The van der Waals surface area contributed by atoms with Gasteiger partial charge in [-0.2, -0.15) is 0 Å². The summed E-state index contributed by atoms with van der Waals surface area (Å²) in [4.78, 5) is 22.8. The van der Waals surface area contributed by atoms with Crippen molar-refractivity contribution in [3.63, 3.8) is 0 Å². The molecule has 7 heteroatoms. The van der Waals surface area contributed by atoms with Gasteiger partial charge in [-0.05, 0) is 46.5 Å². The van der Waals surface area contributed by atoms with Crippen LogP contribution in [0.3, 0.4) is 0 Å². The molecule has 0 unspecified atom stereocenters. The van der Waals surface area contributed by atoms with Crippen molar-refractivity contribution in [1.82, 2.24) is 5.32 Å². The Balaban J connectivity index is 2.54. The van der Waals surface area contributed by atoms with Crippen molar-refractivity contribution < 1.29 is 19.4 Å². The first kappa shape index (κ1) is 17.8. The van der Waals surface area contributed by atoms with Crippen molar-refractivity contribution in [2.75, 3.05) is 6.61 Å². The smallest absolute Gasteiger partial charge is 0.326 e. The fourth-order valence-corrected chi connectivity index (χ4v) is 2.46. The number of nitrogens with one attached hydrogen (secondary N) is 1. The molecule has 1 aromatic rings. The predicted octanol–water partition coefficient (Wildman–Crippen LogP) is 3.10. The molecule has 0 aromatic heterocycles. The number of amides is 1.